The Morgan fingerprint density at radius 1 is 1.53 bits per heavy atom. The molecule has 0 aliphatic rings. The van der Waals surface area contributed by atoms with E-state index in [4.69, 9.17) is 5.73 Å². The fourth-order valence-electron chi connectivity index (χ4n) is 1.26. The molecule has 1 atom stereocenters. The van der Waals surface area contributed by atoms with Crippen LogP contribution in [0.15, 0.2) is 11.1 Å². The molecular weight excluding hydrogens is 240 g/mol. The maximum Gasteiger partial charge on any atom is 0.245 e. The van der Waals surface area contributed by atoms with E-state index in [9.17, 15) is 8.42 Å². The first kappa shape index (κ1) is 14.0. The second-order valence-electron chi connectivity index (χ2n) is 4.10. The van der Waals surface area contributed by atoms with Gasteiger partial charge in [-0.3, -0.25) is 4.68 Å². The molecule has 98 valence electrons. The van der Waals surface area contributed by atoms with Crippen molar-refractivity contribution in [1.29, 1.82) is 0 Å². The highest BCUT2D eigenvalue weighted by Crippen LogP contribution is 2.16. The smallest absolute Gasteiger partial charge is 0.245 e. The Morgan fingerprint density at radius 2 is 2.18 bits per heavy atom. The van der Waals surface area contributed by atoms with E-state index >= 15 is 0 Å². The van der Waals surface area contributed by atoms with Gasteiger partial charge >= 0.3 is 0 Å². The summed E-state index contributed by atoms with van der Waals surface area (Å²) < 4.78 is 28.0. The summed E-state index contributed by atoms with van der Waals surface area (Å²) in [5, 5.41) is 3.92. The fraction of sp³-hybridized carbons (Fsp3) is 0.700. The molecular formula is C10H20N4O2S. The van der Waals surface area contributed by atoms with Crippen molar-refractivity contribution < 1.29 is 8.42 Å². The lowest BCUT2D eigenvalue weighted by Crippen LogP contribution is -2.28. The maximum absolute atomic E-state index is 12.0. The van der Waals surface area contributed by atoms with E-state index < -0.39 is 10.0 Å². The summed E-state index contributed by atoms with van der Waals surface area (Å²) in [7, 11) is -3.54. The molecule has 0 saturated heterocycles. The van der Waals surface area contributed by atoms with Crippen molar-refractivity contribution in [2.24, 2.45) is 5.92 Å². The van der Waals surface area contributed by atoms with Crippen LogP contribution >= 0.6 is 0 Å². The van der Waals surface area contributed by atoms with Gasteiger partial charge in [-0.1, -0.05) is 20.3 Å². The summed E-state index contributed by atoms with van der Waals surface area (Å²) in [5.74, 6) is 0.343. The van der Waals surface area contributed by atoms with Crippen molar-refractivity contribution >= 4 is 15.8 Å². The Balaban J connectivity index is 2.85. The van der Waals surface area contributed by atoms with Crippen molar-refractivity contribution in [3.63, 3.8) is 0 Å². The molecule has 0 aliphatic carbocycles. The average Bonchev–Trinajstić information content (AvgIpc) is 2.68. The predicted molar refractivity (Wildman–Crippen MR) is 67.0 cm³/mol. The van der Waals surface area contributed by atoms with Gasteiger partial charge in [0.2, 0.25) is 10.0 Å². The molecule has 0 bridgehead atoms. The molecule has 0 amide bonds. The van der Waals surface area contributed by atoms with E-state index in [-0.39, 0.29) is 10.7 Å². The first-order valence-corrected chi connectivity index (χ1v) is 7.21. The van der Waals surface area contributed by atoms with Crippen LogP contribution in [0.1, 0.15) is 27.2 Å². The Kier molecular flexibility index (Phi) is 4.53. The molecule has 7 heteroatoms. The van der Waals surface area contributed by atoms with Crippen molar-refractivity contribution in [3.8, 4) is 0 Å². The molecule has 0 saturated carbocycles. The third-order valence-electron chi connectivity index (χ3n) is 2.69. The first-order valence-electron chi connectivity index (χ1n) is 5.73. The molecule has 1 unspecified atom stereocenters. The number of aryl methyl sites for hydroxylation is 1. The van der Waals surface area contributed by atoms with Crippen LogP contribution in [-0.4, -0.2) is 24.7 Å². The van der Waals surface area contributed by atoms with Gasteiger partial charge < -0.3 is 5.73 Å². The van der Waals surface area contributed by atoms with E-state index in [2.05, 4.69) is 9.82 Å². The number of hydrogen-bond donors (Lipinski definition) is 2. The van der Waals surface area contributed by atoms with Crippen molar-refractivity contribution in [2.45, 2.75) is 38.6 Å². The lowest BCUT2D eigenvalue weighted by molar-refractivity contribution is 0.528. The highest BCUT2D eigenvalue weighted by Gasteiger charge is 2.21. The lowest BCUT2D eigenvalue weighted by atomic mass is 10.1. The van der Waals surface area contributed by atoms with E-state index in [1.165, 1.54) is 10.9 Å². The topological polar surface area (TPSA) is 90.0 Å². The van der Waals surface area contributed by atoms with Crippen LogP contribution in [0.2, 0.25) is 0 Å². The SMILES string of the molecule is CCC(C)CNS(=O)(=O)c1cn(CC)nc1N. The Labute approximate surface area is 102 Å². The minimum Gasteiger partial charge on any atom is -0.381 e. The van der Waals surface area contributed by atoms with Crippen LogP contribution in [0, 0.1) is 5.92 Å². The number of nitrogens with two attached hydrogens (primary N) is 1. The normalized spacial score (nSPS) is 13.8. The monoisotopic (exact) mass is 260 g/mol. The second-order valence-corrected chi connectivity index (χ2v) is 5.83. The van der Waals surface area contributed by atoms with Crippen molar-refractivity contribution in [3.05, 3.63) is 6.20 Å². The zero-order valence-electron chi connectivity index (χ0n) is 10.5. The van der Waals surface area contributed by atoms with Crippen LogP contribution in [-0.2, 0) is 16.6 Å². The number of hydrogen-bond acceptors (Lipinski definition) is 4. The number of aromatic nitrogens is 2. The van der Waals surface area contributed by atoms with Gasteiger partial charge in [-0.2, -0.15) is 5.10 Å². The zero-order chi connectivity index (χ0) is 13.1. The minimum absolute atomic E-state index is 0.0449. The summed E-state index contributed by atoms with van der Waals surface area (Å²) in [6.45, 7) is 6.87. The molecule has 1 heterocycles. The van der Waals surface area contributed by atoms with Crippen LogP contribution in [0.3, 0.4) is 0 Å². The molecule has 0 radical (unpaired) electrons. The number of nitrogens with zero attached hydrogens (tertiary/aromatic N) is 2. The Morgan fingerprint density at radius 3 is 2.65 bits per heavy atom. The number of sulfonamides is 1. The summed E-state index contributed by atoms with van der Waals surface area (Å²) in [5.41, 5.74) is 5.59. The maximum atomic E-state index is 12.0. The van der Waals surface area contributed by atoms with Crippen molar-refractivity contribution in [1.82, 2.24) is 14.5 Å². The number of nitrogen functional groups attached to an aromatic ring is 1. The molecule has 0 spiro atoms. The quantitative estimate of drug-likeness (QED) is 0.792. The molecule has 1 rings (SSSR count). The Hall–Kier alpha value is -1.08. The van der Waals surface area contributed by atoms with Crippen LogP contribution in [0.4, 0.5) is 5.82 Å². The van der Waals surface area contributed by atoms with E-state index in [1.807, 2.05) is 20.8 Å². The summed E-state index contributed by atoms with van der Waals surface area (Å²) in [4.78, 5) is 0.0580. The largest absolute Gasteiger partial charge is 0.381 e. The van der Waals surface area contributed by atoms with E-state index in [0.29, 0.717) is 19.0 Å². The van der Waals surface area contributed by atoms with Crippen LogP contribution in [0.5, 0.6) is 0 Å². The van der Waals surface area contributed by atoms with E-state index in [0.717, 1.165) is 6.42 Å². The van der Waals surface area contributed by atoms with Gasteiger partial charge in [0, 0.05) is 19.3 Å². The molecule has 1 aromatic rings. The molecule has 0 aromatic carbocycles. The minimum atomic E-state index is -3.54. The summed E-state index contributed by atoms with van der Waals surface area (Å²) >= 11 is 0. The first-order chi connectivity index (χ1) is 7.90. The van der Waals surface area contributed by atoms with Crippen molar-refractivity contribution in [2.75, 3.05) is 12.3 Å². The molecule has 0 aliphatic heterocycles. The summed E-state index contributed by atoms with van der Waals surface area (Å²) in [6.07, 6.45) is 2.38. The molecule has 17 heavy (non-hydrogen) atoms. The molecule has 0 fully saturated rings. The third-order valence-corrected chi connectivity index (χ3v) is 4.13. The lowest BCUT2D eigenvalue weighted by Gasteiger charge is -2.09. The van der Waals surface area contributed by atoms with Gasteiger partial charge in [-0.25, -0.2) is 13.1 Å². The number of rotatable bonds is 6. The predicted octanol–water partition coefficient (Wildman–Crippen LogP) is 0.810. The van der Waals surface area contributed by atoms with Crippen LogP contribution in [0.25, 0.3) is 0 Å². The zero-order valence-corrected chi connectivity index (χ0v) is 11.3. The summed E-state index contributed by atoms with van der Waals surface area (Å²) in [6, 6.07) is 0. The van der Waals surface area contributed by atoms with Crippen LogP contribution < -0.4 is 10.5 Å². The molecule has 1 aromatic heterocycles. The number of nitrogens with one attached hydrogen (secondary N) is 1. The van der Waals surface area contributed by atoms with Gasteiger partial charge in [-0.05, 0) is 12.8 Å². The fourth-order valence-corrected chi connectivity index (χ4v) is 2.50. The second kappa shape index (κ2) is 5.50. The van der Waals surface area contributed by atoms with E-state index in [1.54, 1.807) is 0 Å². The molecule has 3 N–H and O–H groups in total. The van der Waals surface area contributed by atoms with Gasteiger partial charge in [-0.15, -0.1) is 0 Å². The molecule has 6 nitrogen and oxygen atoms in total. The number of anilines is 1. The average molecular weight is 260 g/mol. The van der Waals surface area contributed by atoms with Gasteiger partial charge in [0.1, 0.15) is 4.90 Å². The highest BCUT2D eigenvalue weighted by atomic mass is 32.2. The third kappa shape index (κ3) is 3.44. The standard InChI is InChI=1S/C10H20N4O2S/c1-4-8(3)6-12-17(15,16)9-7-14(5-2)13-10(9)11/h7-8,12H,4-6H2,1-3H3,(H2,11,13). The Bertz CT molecular complexity index is 467. The highest BCUT2D eigenvalue weighted by molar-refractivity contribution is 7.89. The van der Waals surface area contributed by atoms with Gasteiger partial charge in [0.15, 0.2) is 5.82 Å². The van der Waals surface area contributed by atoms with Gasteiger partial charge in [0.05, 0.1) is 0 Å². The van der Waals surface area contributed by atoms with Gasteiger partial charge in [0.25, 0.3) is 0 Å².